The number of ether oxygens (including phenoxy) is 2. The van der Waals surface area contributed by atoms with E-state index in [4.69, 9.17) is 21.1 Å². The van der Waals surface area contributed by atoms with E-state index in [9.17, 15) is 18.7 Å². The van der Waals surface area contributed by atoms with Crippen LogP contribution in [0.5, 0.6) is 11.6 Å². The fourth-order valence-corrected chi connectivity index (χ4v) is 5.11. The lowest BCUT2D eigenvalue weighted by molar-refractivity contribution is 0.0690. The third-order valence-corrected chi connectivity index (χ3v) is 7.32. The molecular formula is C29H29ClF2N4O4. The minimum absolute atomic E-state index is 0.00974. The maximum absolute atomic E-state index is 14.1. The van der Waals surface area contributed by atoms with Gasteiger partial charge in [0.25, 0.3) is 0 Å². The Morgan fingerprint density at radius 2 is 1.95 bits per heavy atom. The topological polar surface area (TPSA) is 89.7 Å². The molecule has 1 atom stereocenters. The van der Waals surface area contributed by atoms with E-state index in [1.54, 1.807) is 18.2 Å². The zero-order valence-corrected chi connectivity index (χ0v) is 22.9. The van der Waals surface area contributed by atoms with Crippen molar-refractivity contribution >= 4 is 28.6 Å². The molecule has 2 aromatic heterocycles. The summed E-state index contributed by atoms with van der Waals surface area (Å²) in [6, 6.07) is 12.9. The summed E-state index contributed by atoms with van der Waals surface area (Å²) >= 11 is 5.82. The summed E-state index contributed by atoms with van der Waals surface area (Å²) in [4.78, 5) is 23.2. The van der Waals surface area contributed by atoms with Crippen molar-refractivity contribution in [1.82, 2.24) is 19.4 Å². The van der Waals surface area contributed by atoms with Gasteiger partial charge in [0.1, 0.15) is 23.8 Å². The van der Waals surface area contributed by atoms with Crippen LogP contribution in [0, 0.1) is 5.82 Å². The van der Waals surface area contributed by atoms with Gasteiger partial charge in [-0.2, -0.15) is 0 Å². The monoisotopic (exact) mass is 570 g/mol. The number of carboxylic acids is 1. The van der Waals surface area contributed by atoms with E-state index in [0.717, 1.165) is 37.4 Å². The summed E-state index contributed by atoms with van der Waals surface area (Å²) in [6.45, 7) is 3.46. The molecule has 0 spiro atoms. The molecule has 0 amide bonds. The van der Waals surface area contributed by atoms with Gasteiger partial charge in [-0.05, 0) is 56.3 Å². The minimum Gasteiger partial charge on any atom is -0.478 e. The Kier molecular flexibility index (Phi) is 8.18. The van der Waals surface area contributed by atoms with Gasteiger partial charge in [-0.1, -0.05) is 23.7 Å². The van der Waals surface area contributed by atoms with E-state index in [2.05, 4.69) is 14.9 Å². The number of fused-ring (bicyclic) bond motifs is 1. The van der Waals surface area contributed by atoms with Crippen molar-refractivity contribution in [3.05, 3.63) is 82.0 Å². The van der Waals surface area contributed by atoms with Gasteiger partial charge in [-0.15, -0.1) is 0 Å². The third kappa shape index (κ3) is 6.18. The van der Waals surface area contributed by atoms with Gasteiger partial charge < -0.3 is 19.1 Å². The smallest absolute Gasteiger partial charge is 0.335 e. The van der Waals surface area contributed by atoms with Gasteiger partial charge in [0.05, 0.1) is 17.6 Å². The Morgan fingerprint density at radius 1 is 1.18 bits per heavy atom. The summed E-state index contributed by atoms with van der Waals surface area (Å²) < 4.78 is 40.5. The number of benzene rings is 2. The molecule has 1 aliphatic rings. The van der Waals surface area contributed by atoms with E-state index < -0.39 is 18.1 Å². The lowest BCUT2D eigenvalue weighted by Crippen LogP contribution is -2.33. The number of pyridine rings is 1. The predicted octanol–water partition coefficient (Wildman–Crippen LogP) is 6.11. The first-order chi connectivity index (χ1) is 19.2. The van der Waals surface area contributed by atoms with Crippen LogP contribution in [0.2, 0.25) is 5.02 Å². The lowest BCUT2D eigenvalue weighted by atomic mass is 9.93. The molecule has 0 unspecified atom stereocenters. The number of imidazole rings is 1. The standard InChI is InChI=1S/C29H29ClF2N4O4/c1-17(31)40-25-13-20(29(37)38)12-24-28(25)34-26(35(24)2)15-36-10-8-18(9-11-36)23-4-3-5-27(33-23)39-16-19-6-7-21(30)14-22(19)32/h3-7,12-14,17-18H,8-11,15-16H2,1-2H3,(H,37,38)/t17-/m0/s1. The first-order valence-electron chi connectivity index (χ1n) is 13.0. The van der Waals surface area contributed by atoms with Gasteiger partial charge in [0.2, 0.25) is 12.2 Å². The van der Waals surface area contributed by atoms with E-state index >= 15 is 0 Å². The number of aromatic carboxylic acids is 1. The van der Waals surface area contributed by atoms with Crippen LogP contribution in [0.15, 0.2) is 48.5 Å². The van der Waals surface area contributed by atoms with Crippen LogP contribution in [0.4, 0.5) is 8.78 Å². The molecule has 1 saturated heterocycles. The number of likely N-dealkylation sites (tertiary alicyclic amines) is 1. The number of piperidine rings is 1. The van der Waals surface area contributed by atoms with Crippen molar-refractivity contribution in [2.75, 3.05) is 13.1 Å². The molecule has 11 heteroatoms. The van der Waals surface area contributed by atoms with Crippen LogP contribution in [0.3, 0.4) is 0 Å². The van der Waals surface area contributed by atoms with Gasteiger partial charge in [0, 0.05) is 42.2 Å². The van der Waals surface area contributed by atoms with E-state index in [-0.39, 0.29) is 23.8 Å². The Balaban J connectivity index is 1.24. The minimum atomic E-state index is -1.60. The highest BCUT2D eigenvalue weighted by atomic mass is 35.5. The van der Waals surface area contributed by atoms with Gasteiger partial charge in [-0.25, -0.2) is 23.5 Å². The van der Waals surface area contributed by atoms with Gasteiger partial charge >= 0.3 is 5.97 Å². The molecule has 2 aromatic carbocycles. The van der Waals surface area contributed by atoms with Crippen LogP contribution < -0.4 is 9.47 Å². The second-order valence-electron chi connectivity index (χ2n) is 9.87. The van der Waals surface area contributed by atoms with Crippen LogP contribution >= 0.6 is 11.6 Å². The molecule has 0 aliphatic carbocycles. The molecular weight excluding hydrogens is 542 g/mol. The summed E-state index contributed by atoms with van der Waals surface area (Å²) in [5.74, 6) is -0.0114. The van der Waals surface area contributed by atoms with Crippen molar-refractivity contribution in [2.45, 2.75) is 45.2 Å². The summed E-state index contributed by atoms with van der Waals surface area (Å²) in [5.41, 5.74) is 2.35. The highest BCUT2D eigenvalue weighted by Gasteiger charge is 2.24. The maximum atomic E-state index is 14.1. The molecule has 1 N–H and O–H groups in total. The second-order valence-corrected chi connectivity index (χ2v) is 10.3. The number of alkyl halides is 1. The Labute approximate surface area is 235 Å². The van der Waals surface area contributed by atoms with Crippen LogP contribution in [0.25, 0.3) is 11.0 Å². The molecule has 1 aliphatic heterocycles. The Bertz CT molecular complexity index is 1540. The molecule has 0 radical (unpaired) electrons. The molecule has 4 aromatic rings. The molecule has 0 saturated carbocycles. The van der Waals surface area contributed by atoms with Crippen molar-refractivity contribution in [3.8, 4) is 11.6 Å². The molecule has 3 heterocycles. The van der Waals surface area contributed by atoms with Gasteiger partial charge in [-0.3, -0.25) is 4.90 Å². The van der Waals surface area contributed by atoms with Crippen LogP contribution in [-0.2, 0) is 20.2 Å². The summed E-state index contributed by atoms with van der Waals surface area (Å²) in [5, 5.41) is 9.81. The number of aryl methyl sites for hydroxylation is 1. The van der Waals surface area contributed by atoms with Crippen LogP contribution in [0.1, 0.15) is 53.1 Å². The largest absolute Gasteiger partial charge is 0.478 e. The van der Waals surface area contributed by atoms with E-state index in [0.29, 0.717) is 34.0 Å². The number of carboxylic acid groups (broad SMARTS) is 1. The van der Waals surface area contributed by atoms with Crippen molar-refractivity contribution < 1.29 is 28.2 Å². The van der Waals surface area contributed by atoms with Crippen molar-refractivity contribution in [1.29, 1.82) is 0 Å². The molecule has 5 rings (SSSR count). The van der Waals surface area contributed by atoms with Gasteiger partial charge in [0.15, 0.2) is 5.75 Å². The lowest BCUT2D eigenvalue weighted by Gasteiger charge is -2.31. The number of hydrogen-bond acceptors (Lipinski definition) is 6. The number of rotatable bonds is 9. The number of nitrogens with zero attached hydrogens (tertiary/aromatic N) is 4. The van der Waals surface area contributed by atoms with E-state index in [1.807, 2.05) is 23.7 Å². The zero-order chi connectivity index (χ0) is 28.4. The second kappa shape index (κ2) is 11.8. The highest BCUT2D eigenvalue weighted by molar-refractivity contribution is 6.30. The average Bonchev–Trinajstić information content (AvgIpc) is 3.23. The normalized spacial score (nSPS) is 15.3. The number of halogens is 3. The number of aromatic nitrogens is 3. The summed E-state index contributed by atoms with van der Waals surface area (Å²) in [7, 11) is 1.82. The predicted molar refractivity (Wildman–Crippen MR) is 146 cm³/mol. The molecule has 8 nitrogen and oxygen atoms in total. The van der Waals surface area contributed by atoms with Crippen molar-refractivity contribution in [3.63, 3.8) is 0 Å². The third-order valence-electron chi connectivity index (χ3n) is 7.09. The zero-order valence-electron chi connectivity index (χ0n) is 22.1. The summed E-state index contributed by atoms with van der Waals surface area (Å²) in [6.07, 6.45) is 0.152. The molecule has 40 heavy (non-hydrogen) atoms. The molecule has 210 valence electrons. The first-order valence-corrected chi connectivity index (χ1v) is 13.3. The average molecular weight is 571 g/mol. The van der Waals surface area contributed by atoms with Crippen LogP contribution in [-0.4, -0.2) is 50.0 Å². The number of hydrogen-bond donors (Lipinski definition) is 1. The number of carbonyl (C=O) groups is 1. The Morgan fingerprint density at radius 3 is 2.65 bits per heavy atom. The molecule has 0 bridgehead atoms. The van der Waals surface area contributed by atoms with E-state index in [1.165, 1.54) is 25.1 Å². The SMILES string of the molecule is C[C@@H](F)Oc1cc(C(=O)O)cc2c1nc(CN1CCC(c3cccc(OCc4ccc(Cl)cc4F)n3)CC1)n2C. The first kappa shape index (κ1) is 27.8. The Hall–Kier alpha value is -3.76. The maximum Gasteiger partial charge on any atom is 0.335 e. The highest BCUT2D eigenvalue weighted by Crippen LogP contribution is 2.32. The molecule has 1 fully saturated rings. The van der Waals surface area contributed by atoms with Crippen molar-refractivity contribution in [2.24, 2.45) is 7.05 Å². The fourth-order valence-electron chi connectivity index (χ4n) is 4.95. The quantitative estimate of drug-likeness (QED) is 0.259. The fraction of sp³-hybridized carbons (Fsp3) is 0.345.